The molecule has 98 valence electrons. The highest BCUT2D eigenvalue weighted by Crippen LogP contribution is 2.17. The lowest BCUT2D eigenvalue weighted by atomic mass is 9.96. The van der Waals surface area contributed by atoms with Crippen molar-refractivity contribution in [1.82, 2.24) is 10.6 Å². The van der Waals surface area contributed by atoms with Gasteiger partial charge in [0.1, 0.15) is 0 Å². The Bertz CT molecular complexity index is 260. The summed E-state index contributed by atoms with van der Waals surface area (Å²) in [5.74, 6) is -0.348. The first-order chi connectivity index (χ1) is 8.09. The molecule has 0 bridgehead atoms. The van der Waals surface area contributed by atoms with Crippen molar-refractivity contribution in [3.63, 3.8) is 0 Å². The first-order valence-electron chi connectivity index (χ1n) is 6.46. The van der Waals surface area contributed by atoms with E-state index in [4.69, 9.17) is 5.73 Å². The Morgan fingerprint density at radius 2 is 1.65 bits per heavy atom. The van der Waals surface area contributed by atoms with E-state index in [0.717, 1.165) is 12.8 Å². The van der Waals surface area contributed by atoms with Crippen LogP contribution in [0.25, 0.3) is 0 Å². The van der Waals surface area contributed by atoms with Crippen LogP contribution in [0, 0.1) is 0 Å². The minimum absolute atomic E-state index is 0.348. The third-order valence-corrected chi connectivity index (χ3v) is 3.23. The summed E-state index contributed by atoms with van der Waals surface area (Å²) in [5, 5.41) is 5.37. The van der Waals surface area contributed by atoms with Gasteiger partial charge in [0.15, 0.2) is 0 Å². The summed E-state index contributed by atoms with van der Waals surface area (Å²) in [5.41, 5.74) is 4.91. The SMILES string of the molecule is C[C@H](NC1CCCCCCC1)C(=O)NC(N)=O. The van der Waals surface area contributed by atoms with Gasteiger partial charge in [-0.15, -0.1) is 0 Å². The lowest BCUT2D eigenvalue weighted by Gasteiger charge is -2.24. The average molecular weight is 241 g/mol. The maximum atomic E-state index is 11.5. The zero-order valence-corrected chi connectivity index (χ0v) is 10.5. The molecule has 3 amide bonds. The van der Waals surface area contributed by atoms with Gasteiger partial charge in [0.2, 0.25) is 5.91 Å². The van der Waals surface area contributed by atoms with E-state index in [1.807, 2.05) is 0 Å². The first kappa shape index (κ1) is 14.0. The number of primary amides is 1. The highest BCUT2D eigenvalue weighted by atomic mass is 16.2. The summed E-state index contributed by atoms with van der Waals surface area (Å²) in [6, 6.07) is -0.780. The van der Waals surface area contributed by atoms with Crippen LogP contribution < -0.4 is 16.4 Å². The van der Waals surface area contributed by atoms with Crippen molar-refractivity contribution < 1.29 is 9.59 Å². The summed E-state index contributed by atoms with van der Waals surface area (Å²) in [6.45, 7) is 1.76. The van der Waals surface area contributed by atoms with E-state index in [-0.39, 0.29) is 11.9 Å². The fraction of sp³-hybridized carbons (Fsp3) is 0.833. The van der Waals surface area contributed by atoms with E-state index in [1.165, 1.54) is 32.1 Å². The molecule has 0 heterocycles. The summed E-state index contributed by atoms with van der Waals surface area (Å²) >= 11 is 0. The highest BCUT2D eigenvalue weighted by molar-refractivity contribution is 5.96. The van der Waals surface area contributed by atoms with E-state index >= 15 is 0 Å². The Morgan fingerprint density at radius 1 is 1.12 bits per heavy atom. The molecule has 1 atom stereocenters. The summed E-state index contributed by atoms with van der Waals surface area (Å²) in [7, 11) is 0. The molecule has 0 aromatic carbocycles. The number of imide groups is 1. The van der Waals surface area contributed by atoms with Crippen LogP contribution in [0.4, 0.5) is 4.79 Å². The summed E-state index contributed by atoms with van der Waals surface area (Å²) in [4.78, 5) is 22.1. The van der Waals surface area contributed by atoms with E-state index in [0.29, 0.717) is 6.04 Å². The molecule has 1 aliphatic carbocycles. The molecule has 1 rings (SSSR count). The smallest absolute Gasteiger partial charge is 0.318 e. The quantitative estimate of drug-likeness (QED) is 0.695. The van der Waals surface area contributed by atoms with Gasteiger partial charge in [-0.2, -0.15) is 0 Å². The van der Waals surface area contributed by atoms with Crippen LogP contribution in [0.15, 0.2) is 0 Å². The molecule has 0 aromatic heterocycles. The fourth-order valence-electron chi connectivity index (χ4n) is 2.28. The third kappa shape index (κ3) is 5.68. The van der Waals surface area contributed by atoms with E-state index in [9.17, 15) is 9.59 Å². The lowest BCUT2D eigenvalue weighted by molar-refractivity contribution is -0.121. The zero-order chi connectivity index (χ0) is 12.7. The van der Waals surface area contributed by atoms with Gasteiger partial charge in [-0.05, 0) is 19.8 Å². The molecule has 1 fully saturated rings. The number of carbonyl (C=O) groups is 2. The predicted octanol–water partition coefficient (Wildman–Crippen LogP) is 1.27. The van der Waals surface area contributed by atoms with Crippen molar-refractivity contribution in [1.29, 1.82) is 0 Å². The van der Waals surface area contributed by atoms with E-state index < -0.39 is 6.03 Å². The molecule has 17 heavy (non-hydrogen) atoms. The standard InChI is InChI=1S/C12H23N3O2/c1-9(11(16)15-12(13)17)14-10-7-5-3-2-4-6-8-10/h9-10,14H,2-8H2,1H3,(H3,13,15,16,17)/t9-/m0/s1. The van der Waals surface area contributed by atoms with Crippen LogP contribution in [0.1, 0.15) is 51.9 Å². The second kappa shape index (κ2) is 7.27. The van der Waals surface area contributed by atoms with E-state index in [1.54, 1.807) is 6.92 Å². The van der Waals surface area contributed by atoms with Crippen molar-refractivity contribution in [2.24, 2.45) is 5.73 Å². The number of urea groups is 1. The van der Waals surface area contributed by atoms with Gasteiger partial charge in [0, 0.05) is 6.04 Å². The maximum Gasteiger partial charge on any atom is 0.318 e. The van der Waals surface area contributed by atoms with Gasteiger partial charge in [0.05, 0.1) is 6.04 Å². The summed E-state index contributed by atoms with van der Waals surface area (Å²) < 4.78 is 0. The lowest BCUT2D eigenvalue weighted by Crippen LogP contribution is -2.49. The molecular weight excluding hydrogens is 218 g/mol. The zero-order valence-electron chi connectivity index (χ0n) is 10.5. The molecule has 4 N–H and O–H groups in total. The van der Waals surface area contributed by atoms with Crippen LogP contribution >= 0.6 is 0 Å². The Morgan fingerprint density at radius 3 is 2.18 bits per heavy atom. The number of hydrogen-bond acceptors (Lipinski definition) is 3. The van der Waals surface area contributed by atoms with Crippen LogP contribution in [-0.2, 0) is 4.79 Å². The second-order valence-corrected chi connectivity index (χ2v) is 4.78. The summed E-state index contributed by atoms with van der Waals surface area (Å²) in [6.07, 6.45) is 8.51. The molecule has 0 radical (unpaired) electrons. The number of amides is 3. The van der Waals surface area contributed by atoms with Crippen LogP contribution in [0.2, 0.25) is 0 Å². The van der Waals surface area contributed by atoms with Gasteiger partial charge in [-0.3, -0.25) is 10.1 Å². The van der Waals surface area contributed by atoms with Gasteiger partial charge < -0.3 is 11.1 Å². The second-order valence-electron chi connectivity index (χ2n) is 4.78. The Balaban J connectivity index is 2.34. The van der Waals surface area contributed by atoms with Crippen LogP contribution in [0.5, 0.6) is 0 Å². The molecule has 5 heteroatoms. The van der Waals surface area contributed by atoms with Crippen LogP contribution in [-0.4, -0.2) is 24.0 Å². The molecule has 0 saturated heterocycles. The number of nitrogens with one attached hydrogen (secondary N) is 2. The minimum Gasteiger partial charge on any atom is -0.351 e. The van der Waals surface area contributed by atoms with Crippen molar-refractivity contribution in [2.45, 2.75) is 64.0 Å². The number of carbonyl (C=O) groups excluding carboxylic acids is 2. The monoisotopic (exact) mass is 241 g/mol. The minimum atomic E-state index is -0.790. The average Bonchev–Trinajstić information content (AvgIpc) is 2.20. The molecule has 0 unspecified atom stereocenters. The van der Waals surface area contributed by atoms with Gasteiger partial charge in [0.25, 0.3) is 0 Å². The third-order valence-electron chi connectivity index (χ3n) is 3.23. The van der Waals surface area contributed by atoms with Gasteiger partial charge in [-0.1, -0.05) is 32.1 Å². The largest absolute Gasteiger partial charge is 0.351 e. The van der Waals surface area contributed by atoms with Crippen molar-refractivity contribution >= 4 is 11.9 Å². The topological polar surface area (TPSA) is 84.2 Å². The molecule has 0 spiro atoms. The number of nitrogens with two attached hydrogens (primary N) is 1. The maximum absolute atomic E-state index is 11.5. The van der Waals surface area contributed by atoms with Crippen molar-refractivity contribution in [3.8, 4) is 0 Å². The number of rotatable bonds is 3. The van der Waals surface area contributed by atoms with Crippen LogP contribution in [0.3, 0.4) is 0 Å². The van der Waals surface area contributed by atoms with Crippen molar-refractivity contribution in [3.05, 3.63) is 0 Å². The molecule has 0 aliphatic heterocycles. The molecule has 5 nitrogen and oxygen atoms in total. The van der Waals surface area contributed by atoms with Gasteiger partial charge in [-0.25, -0.2) is 4.79 Å². The molecule has 1 saturated carbocycles. The van der Waals surface area contributed by atoms with Crippen molar-refractivity contribution in [2.75, 3.05) is 0 Å². The normalized spacial score (nSPS) is 20.1. The highest BCUT2D eigenvalue weighted by Gasteiger charge is 2.19. The molecule has 1 aliphatic rings. The fourth-order valence-corrected chi connectivity index (χ4v) is 2.28. The Labute approximate surface area is 103 Å². The Hall–Kier alpha value is -1.10. The molecular formula is C12H23N3O2. The van der Waals surface area contributed by atoms with E-state index in [2.05, 4.69) is 10.6 Å². The van der Waals surface area contributed by atoms with Gasteiger partial charge >= 0.3 is 6.03 Å². The number of hydrogen-bond donors (Lipinski definition) is 3. The Kier molecular flexibility index (Phi) is 5.97. The first-order valence-corrected chi connectivity index (χ1v) is 6.46. The molecule has 0 aromatic rings. The predicted molar refractivity (Wildman–Crippen MR) is 66.4 cm³/mol.